The van der Waals surface area contributed by atoms with Gasteiger partial charge in [0, 0.05) is 18.4 Å². The van der Waals surface area contributed by atoms with Crippen LogP contribution in [0.4, 0.5) is 4.79 Å². The number of carbonyl (C=O) groups excluding carboxylic acids is 2. The predicted molar refractivity (Wildman–Crippen MR) is 86.9 cm³/mol. The number of benzene rings is 1. The monoisotopic (exact) mass is 318 g/mol. The maximum atomic E-state index is 11.8. The summed E-state index contributed by atoms with van der Waals surface area (Å²) in [6.45, 7) is 5.90. The van der Waals surface area contributed by atoms with Crippen molar-refractivity contribution in [1.29, 1.82) is 0 Å². The van der Waals surface area contributed by atoms with Crippen LogP contribution in [0.3, 0.4) is 0 Å². The molecule has 0 atom stereocenters. The lowest BCUT2D eigenvalue weighted by atomic mass is 10.2. The highest BCUT2D eigenvalue weighted by Crippen LogP contribution is 2.18. The van der Waals surface area contributed by atoms with Crippen molar-refractivity contribution in [2.45, 2.75) is 39.3 Å². The third kappa shape index (κ3) is 5.65. The molecule has 0 unspecified atom stereocenters. The Morgan fingerprint density at radius 2 is 1.91 bits per heavy atom. The summed E-state index contributed by atoms with van der Waals surface area (Å²) in [5.41, 5.74) is 0.247. The van der Waals surface area contributed by atoms with Gasteiger partial charge in [0.1, 0.15) is 16.9 Å². The van der Waals surface area contributed by atoms with Crippen molar-refractivity contribution in [1.82, 2.24) is 10.6 Å². The van der Waals surface area contributed by atoms with E-state index in [-0.39, 0.29) is 18.9 Å². The summed E-state index contributed by atoms with van der Waals surface area (Å²) in [5, 5.41) is 6.30. The van der Waals surface area contributed by atoms with Gasteiger partial charge in [-0.2, -0.15) is 0 Å². The van der Waals surface area contributed by atoms with Crippen LogP contribution in [0, 0.1) is 0 Å². The summed E-state index contributed by atoms with van der Waals surface area (Å²) >= 11 is 0. The van der Waals surface area contributed by atoms with Crippen molar-refractivity contribution in [3.8, 4) is 0 Å². The Morgan fingerprint density at radius 1 is 1.17 bits per heavy atom. The lowest BCUT2D eigenvalue weighted by Crippen LogP contribution is -2.35. The van der Waals surface area contributed by atoms with Crippen molar-refractivity contribution in [3.05, 3.63) is 36.1 Å². The van der Waals surface area contributed by atoms with Gasteiger partial charge >= 0.3 is 6.09 Å². The number of furan rings is 1. The number of hydrogen-bond acceptors (Lipinski definition) is 4. The molecule has 0 aliphatic heterocycles. The van der Waals surface area contributed by atoms with Crippen LogP contribution in [-0.2, 0) is 16.1 Å². The normalized spacial score (nSPS) is 11.3. The number of para-hydroxylation sites is 1. The molecule has 2 amide bonds. The van der Waals surface area contributed by atoms with Crippen molar-refractivity contribution in [2.75, 3.05) is 6.54 Å². The zero-order valence-corrected chi connectivity index (χ0v) is 13.6. The van der Waals surface area contributed by atoms with E-state index in [0.29, 0.717) is 12.3 Å². The van der Waals surface area contributed by atoms with Gasteiger partial charge in [-0.1, -0.05) is 18.2 Å². The fourth-order valence-electron chi connectivity index (χ4n) is 1.99. The molecule has 2 N–H and O–H groups in total. The molecule has 0 bridgehead atoms. The predicted octanol–water partition coefficient (Wildman–Crippen LogP) is 2.96. The van der Waals surface area contributed by atoms with Gasteiger partial charge in [-0.05, 0) is 32.9 Å². The van der Waals surface area contributed by atoms with Crippen molar-refractivity contribution >= 4 is 23.0 Å². The van der Waals surface area contributed by atoms with Gasteiger partial charge in [-0.3, -0.25) is 4.79 Å². The van der Waals surface area contributed by atoms with Gasteiger partial charge in [-0.15, -0.1) is 0 Å². The van der Waals surface area contributed by atoms with Gasteiger partial charge in [0.2, 0.25) is 5.91 Å². The van der Waals surface area contributed by atoms with E-state index in [1.165, 1.54) is 0 Å². The van der Waals surface area contributed by atoms with Gasteiger partial charge in [0.15, 0.2) is 0 Å². The summed E-state index contributed by atoms with van der Waals surface area (Å²) in [6.07, 6.45) is -0.345. The molecule has 1 heterocycles. The minimum atomic E-state index is -0.548. The van der Waals surface area contributed by atoms with E-state index in [2.05, 4.69) is 10.6 Å². The van der Waals surface area contributed by atoms with E-state index < -0.39 is 11.7 Å². The zero-order chi connectivity index (χ0) is 16.9. The lowest BCUT2D eigenvalue weighted by Gasteiger charge is -2.19. The molecule has 1 aromatic heterocycles. The number of amides is 2. The van der Waals surface area contributed by atoms with E-state index >= 15 is 0 Å². The Labute approximate surface area is 135 Å². The average Bonchev–Trinajstić information content (AvgIpc) is 2.86. The summed E-state index contributed by atoms with van der Waals surface area (Å²) in [7, 11) is 0. The summed E-state index contributed by atoms with van der Waals surface area (Å²) in [4.78, 5) is 23.2. The Hall–Kier alpha value is -2.50. The highest BCUT2D eigenvalue weighted by atomic mass is 16.6. The Balaban J connectivity index is 1.70. The number of fused-ring (bicyclic) bond motifs is 1. The van der Waals surface area contributed by atoms with Crippen molar-refractivity contribution in [2.24, 2.45) is 0 Å². The van der Waals surface area contributed by atoms with Crippen LogP contribution >= 0.6 is 0 Å². The van der Waals surface area contributed by atoms with Gasteiger partial charge in [0.25, 0.3) is 0 Å². The first-order valence-corrected chi connectivity index (χ1v) is 7.54. The molecular formula is C17H22N2O4. The highest BCUT2D eigenvalue weighted by Gasteiger charge is 2.15. The molecule has 6 nitrogen and oxygen atoms in total. The molecule has 6 heteroatoms. The minimum Gasteiger partial charge on any atom is -0.459 e. The van der Waals surface area contributed by atoms with Crippen LogP contribution in [0.5, 0.6) is 0 Å². The molecule has 0 aliphatic rings. The standard InChI is InChI=1S/C17H22N2O4/c1-17(2,3)23-16(21)18-9-8-15(20)19-11-13-10-12-6-4-5-7-14(12)22-13/h4-7,10H,8-9,11H2,1-3H3,(H,18,21)(H,19,20). The quantitative estimate of drug-likeness (QED) is 0.888. The van der Waals surface area contributed by atoms with Gasteiger partial charge < -0.3 is 19.8 Å². The Bertz CT molecular complexity index is 652. The third-order valence-corrected chi connectivity index (χ3v) is 2.96. The topological polar surface area (TPSA) is 80.6 Å². The molecule has 124 valence electrons. The molecular weight excluding hydrogens is 296 g/mol. The molecule has 0 saturated carbocycles. The number of ether oxygens (including phenoxy) is 1. The first-order chi connectivity index (χ1) is 10.8. The Morgan fingerprint density at radius 3 is 2.61 bits per heavy atom. The average molecular weight is 318 g/mol. The first kappa shape index (κ1) is 16.9. The lowest BCUT2D eigenvalue weighted by molar-refractivity contribution is -0.121. The second-order valence-electron chi connectivity index (χ2n) is 6.21. The molecule has 23 heavy (non-hydrogen) atoms. The van der Waals surface area contributed by atoms with E-state index in [4.69, 9.17) is 9.15 Å². The maximum absolute atomic E-state index is 11.8. The summed E-state index contributed by atoms with van der Waals surface area (Å²) in [6, 6.07) is 9.56. The molecule has 0 radical (unpaired) electrons. The van der Waals surface area contributed by atoms with Gasteiger partial charge in [0.05, 0.1) is 6.54 Å². The Kier molecular flexibility index (Phi) is 5.26. The second-order valence-corrected chi connectivity index (χ2v) is 6.21. The third-order valence-electron chi connectivity index (χ3n) is 2.96. The molecule has 2 aromatic rings. The molecule has 0 spiro atoms. The number of rotatable bonds is 5. The summed E-state index contributed by atoms with van der Waals surface area (Å²) in [5.74, 6) is 0.529. The van der Waals surface area contributed by atoms with Crippen molar-refractivity contribution < 1.29 is 18.7 Å². The SMILES string of the molecule is CC(C)(C)OC(=O)NCCC(=O)NCc1cc2ccccc2o1. The fraction of sp³-hybridized carbons (Fsp3) is 0.412. The van der Waals surface area contributed by atoms with E-state index in [9.17, 15) is 9.59 Å². The maximum Gasteiger partial charge on any atom is 0.407 e. The molecule has 0 aliphatic carbocycles. The number of carbonyl (C=O) groups is 2. The van der Waals surface area contributed by atoms with Crippen LogP contribution in [0.1, 0.15) is 33.0 Å². The second kappa shape index (κ2) is 7.17. The summed E-state index contributed by atoms with van der Waals surface area (Å²) < 4.78 is 10.7. The highest BCUT2D eigenvalue weighted by molar-refractivity contribution is 5.79. The molecule has 2 rings (SSSR count). The number of hydrogen-bond donors (Lipinski definition) is 2. The minimum absolute atomic E-state index is 0.165. The van der Waals surface area contributed by atoms with E-state index in [0.717, 1.165) is 11.0 Å². The van der Waals surface area contributed by atoms with Crippen molar-refractivity contribution in [3.63, 3.8) is 0 Å². The number of nitrogens with one attached hydrogen (secondary N) is 2. The molecule has 1 aromatic carbocycles. The fourth-order valence-corrected chi connectivity index (χ4v) is 1.99. The van der Waals surface area contributed by atoms with Crippen LogP contribution in [0.2, 0.25) is 0 Å². The van der Waals surface area contributed by atoms with Crippen LogP contribution in [0.25, 0.3) is 11.0 Å². The largest absolute Gasteiger partial charge is 0.459 e. The zero-order valence-electron chi connectivity index (χ0n) is 13.6. The first-order valence-electron chi connectivity index (χ1n) is 7.54. The van der Waals surface area contributed by atoms with E-state index in [1.807, 2.05) is 30.3 Å². The molecule has 0 fully saturated rings. The van der Waals surface area contributed by atoms with E-state index in [1.54, 1.807) is 20.8 Å². The van der Waals surface area contributed by atoms with Crippen LogP contribution in [0.15, 0.2) is 34.7 Å². The van der Waals surface area contributed by atoms with Crippen LogP contribution in [-0.4, -0.2) is 24.1 Å². The van der Waals surface area contributed by atoms with Crippen LogP contribution < -0.4 is 10.6 Å². The molecule has 0 saturated heterocycles. The smallest absolute Gasteiger partial charge is 0.407 e. The number of alkyl carbamates (subject to hydrolysis) is 1. The van der Waals surface area contributed by atoms with Gasteiger partial charge in [-0.25, -0.2) is 4.79 Å².